The lowest BCUT2D eigenvalue weighted by molar-refractivity contribution is 0.155. The summed E-state index contributed by atoms with van der Waals surface area (Å²) in [6, 6.07) is 10.9. The third-order valence-electron chi connectivity index (χ3n) is 4.30. The molecule has 0 heterocycles. The Labute approximate surface area is 101 Å². The van der Waals surface area contributed by atoms with Crippen LogP contribution < -0.4 is 0 Å². The number of rotatable bonds is 2. The van der Waals surface area contributed by atoms with E-state index in [4.69, 9.17) is 0 Å². The van der Waals surface area contributed by atoms with Crippen molar-refractivity contribution in [2.24, 2.45) is 5.92 Å². The Morgan fingerprint density at radius 1 is 1.00 bits per heavy atom. The third kappa shape index (κ3) is 1.35. The molecular formula is C16H16O. The highest BCUT2D eigenvalue weighted by Crippen LogP contribution is 2.44. The van der Waals surface area contributed by atoms with Crippen LogP contribution in [-0.4, -0.2) is 5.11 Å². The van der Waals surface area contributed by atoms with Crippen LogP contribution in [0.2, 0.25) is 0 Å². The van der Waals surface area contributed by atoms with Gasteiger partial charge in [0.05, 0.1) is 6.10 Å². The molecule has 2 aliphatic carbocycles. The van der Waals surface area contributed by atoms with Crippen LogP contribution in [0.1, 0.15) is 35.6 Å². The Hall–Kier alpha value is -1.34. The highest BCUT2D eigenvalue weighted by molar-refractivity contribution is 5.93. The maximum absolute atomic E-state index is 10.4. The van der Waals surface area contributed by atoms with Crippen molar-refractivity contribution in [2.75, 3.05) is 0 Å². The smallest absolute Gasteiger partial charge is 0.0824 e. The summed E-state index contributed by atoms with van der Waals surface area (Å²) in [7, 11) is 0. The minimum atomic E-state index is -0.250. The van der Waals surface area contributed by atoms with Gasteiger partial charge in [-0.1, -0.05) is 30.3 Å². The van der Waals surface area contributed by atoms with Crippen LogP contribution in [0.15, 0.2) is 30.3 Å². The molecule has 1 unspecified atom stereocenters. The van der Waals surface area contributed by atoms with Gasteiger partial charge in [-0.3, -0.25) is 0 Å². The molecule has 2 aromatic carbocycles. The summed E-state index contributed by atoms with van der Waals surface area (Å²) < 4.78 is 0. The van der Waals surface area contributed by atoms with E-state index >= 15 is 0 Å². The zero-order valence-electron chi connectivity index (χ0n) is 9.82. The van der Waals surface area contributed by atoms with Gasteiger partial charge in [-0.25, -0.2) is 0 Å². The van der Waals surface area contributed by atoms with Crippen molar-refractivity contribution in [3.8, 4) is 0 Å². The molecule has 1 atom stereocenters. The van der Waals surface area contributed by atoms with E-state index in [0.29, 0.717) is 5.92 Å². The topological polar surface area (TPSA) is 20.2 Å². The van der Waals surface area contributed by atoms with Gasteiger partial charge < -0.3 is 5.11 Å². The van der Waals surface area contributed by atoms with Crippen molar-refractivity contribution in [3.05, 3.63) is 47.0 Å². The molecule has 0 bridgehead atoms. The summed E-state index contributed by atoms with van der Waals surface area (Å²) >= 11 is 0. The number of benzene rings is 2. The van der Waals surface area contributed by atoms with E-state index in [-0.39, 0.29) is 6.10 Å². The Balaban J connectivity index is 1.99. The molecule has 4 rings (SSSR count). The average molecular weight is 224 g/mol. The molecule has 1 saturated carbocycles. The van der Waals surface area contributed by atoms with Crippen LogP contribution in [0.3, 0.4) is 0 Å². The van der Waals surface area contributed by atoms with Gasteiger partial charge in [-0.05, 0) is 59.1 Å². The normalized spacial score (nSPS) is 19.8. The van der Waals surface area contributed by atoms with Gasteiger partial charge in [0.1, 0.15) is 0 Å². The van der Waals surface area contributed by atoms with Crippen molar-refractivity contribution < 1.29 is 5.11 Å². The average Bonchev–Trinajstić information content (AvgIpc) is 3.13. The van der Waals surface area contributed by atoms with Crippen molar-refractivity contribution in [1.29, 1.82) is 0 Å². The second-order valence-corrected chi connectivity index (χ2v) is 5.44. The third-order valence-corrected chi connectivity index (χ3v) is 4.30. The SMILES string of the molecule is OC(c1ccc2c3c(cccc13)CC2)C1CC1. The van der Waals surface area contributed by atoms with Crippen molar-refractivity contribution in [2.45, 2.75) is 31.8 Å². The van der Waals surface area contributed by atoms with Crippen molar-refractivity contribution in [3.63, 3.8) is 0 Å². The lowest BCUT2D eigenvalue weighted by Gasteiger charge is -2.14. The van der Waals surface area contributed by atoms with E-state index in [1.807, 2.05) is 0 Å². The molecule has 0 aromatic heterocycles. The Morgan fingerprint density at radius 3 is 2.53 bits per heavy atom. The van der Waals surface area contributed by atoms with Crippen LogP contribution in [-0.2, 0) is 12.8 Å². The largest absolute Gasteiger partial charge is 0.388 e. The van der Waals surface area contributed by atoms with Crippen LogP contribution >= 0.6 is 0 Å². The van der Waals surface area contributed by atoms with Gasteiger partial charge in [0.25, 0.3) is 0 Å². The summed E-state index contributed by atoms with van der Waals surface area (Å²) in [5.74, 6) is 0.508. The van der Waals surface area contributed by atoms with Gasteiger partial charge >= 0.3 is 0 Å². The number of hydrogen-bond acceptors (Lipinski definition) is 1. The Morgan fingerprint density at radius 2 is 1.76 bits per heavy atom. The minimum Gasteiger partial charge on any atom is -0.388 e. The zero-order chi connectivity index (χ0) is 11.4. The highest BCUT2D eigenvalue weighted by atomic mass is 16.3. The standard InChI is InChI=1S/C16H16O/c17-16(12-6-7-12)14-9-8-11-5-4-10-2-1-3-13(14)15(10)11/h1-3,8-9,12,16-17H,4-7H2. The Bertz CT molecular complexity index is 585. The molecule has 1 nitrogen and oxygen atoms in total. The molecule has 2 aromatic rings. The second-order valence-electron chi connectivity index (χ2n) is 5.44. The van der Waals surface area contributed by atoms with E-state index in [1.165, 1.54) is 34.7 Å². The summed E-state index contributed by atoms with van der Waals surface area (Å²) in [6.45, 7) is 0. The number of hydrogen-bond donors (Lipinski definition) is 1. The monoisotopic (exact) mass is 224 g/mol. The molecule has 17 heavy (non-hydrogen) atoms. The summed E-state index contributed by atoms with van der Waals surface area (Å²) in [4.78, 5) is 0. The Kier molecular flexibility index (Phi) is 1.89. The molecule has 0 radical (unpaired) electrons. The maximum Gasteiger partial charge on any atom is 0.0824 e. The number of aliphatic hydroxyl groups excluding tert-OH is 1. The molecular weight excluding hydrogens is 208 g/mol. The molecule has 0 spiro atoms. The van der Waals surface area contributed by atoms with E-state index in [9.17, 15) is 5.11 Å². The van der Waals surface area contributed by atoms with E-state index in [1.54, 1.807) is 0 Å². The van der Waals surface area contributed by atoms with Crippen molar-refractivity contribution in [1.82, 2.24) is 0 Å². The first-order valence-electron chi connectivity index (χ1n) is 6.56. The second kappa shape index (κ2) is 3.33. The van der Waals surface area contributed by atoms with Gasteiger partial charge in [-0.2, -0.15) is 0 Å². The van der Waals surface area contributed by atoms with E-state index in [0.717, 1.165) is 18.4 Å². The minimum absolute atomic E-state index is 0.250. The number of aliphatic hydroxyl groups is 1. The van der Waals surface area contributed by atoms with Crippen LogP contribution in [0.4, 0.5) is 0 Å². The van der Waals surface area contributed by atoms with Crippen LogP contribution in [0.25, 0.3) is 10.8 Å². The molecule has 2 aliphatic rings. The quantitative estimate of drug-likeness (QED) is 0.829. The molecule has 1 N–H and O–H groups in total. The fourth-order valence-electron chi connectivity index (χ4n) is 3.19. The lowest BCUT2D eigenvalue weighted by Crippen LogP contribution is -2.00. The maximum atomic E-state index is 10.4. The van der Waals surface area contributed by atoms with Crippen LogP contribution in [0.5, 0.6) is 0 Å². The predicted molar refractivity (Wildman–Crippen MR) is 69.0 cm³/mol. The van der Waals surface area contributed by atoms with E-state index in [2.05, 4.69) is 30.3 Å². The fraction of sp³-hybridized carbons (Fsp3) is 0.375. The molecule has 1 fully saturated rings. The van der Waals surface area contributed by atoms with Gasteiger partial charge in [-0.15, -0.1) is 0 Å². The first kappa shape index (κ1) is 9.67. The van der Waals surface area contributed by atoms with Gasteiger partial charge in [0.15, 0.2) is 0 Å². The highest BCUT2D eigenvalue weighted by Gasteiger charge is 2.32. The summed E-state index contributed by atoms with van der Waals surface area (Å²) in [6.07, 6.45) is 4.44. The molecule has 1 heteroatoms. The lowest BCUT2D eigenvalue weighted by atomic mass is 9.95. The fourth-order valence-corrected chi connectivity index (χ4v) is 3.19. The first-order valence-corrected chi connectivity index (χ1v) is 6.56. The van der Waals surface area contributed by atoms with E-state index < -0.39 is 0 Å². The molecule has 0 saturated heterocycles. The predicted octanol–water partition coefficient (Wildman–Crippen LogP) is 3.38. The van der Waals surface area contributed by atoms with Gasteiger partial charge in [0, 0.05) is 0 Å². The number of aryl methyl sites for hydroxylation is 2. The molecule has 0 aliphatic heterocycles. The summed E-state index contributed by atoms with van der Waals surface area (Å²) in [5.41, 5.74) is 4.07. The van der Waals surface area contributed by atoms with Gasteiger partial charge in [0.2, 0.25) is 0 Å². The first-order chi connectivity index (χ1) is 8.34. The summed E-state index contributed by atoms with van der Waals surface area (Å²) in [5, 5.41) is 13.1. The zero-order valence-corrected chi connectivity index (χ0v) is 9.82. The van der Waals surface area contributed by atoms with Crippen molar-refractivity contribution >= 4 is 10.8 Å². The molecule has 0 amide bonds. The molecule has 86 valence electrons. The van der Waals surface area contributed by atoms with Crippen LogP contribution in [0, 0.1) is 5.92 Å².